The fourth-order valence-electron chi connectivity index (χ4n) is 3.58. The third-order valence-corrected chi connectivity index (χ3v) is 5.42. The lowest BCUT2D eigenvalue weighted by Gasteiger charge is -2.11. The summed E-state index contributed by atoms with van der Waals surface area (Å²) < 4.78 is 18.1. The highest BCUT2D eigenvalue weighted by Gasteiger charge is 2.17. The molecule has 7 nitrogen and oxygen atoms in total. The van der Waals surface area contributed by atoms with Crippen LogP contribution in [-0.2, 0) is 13.1 Å². The first-order valence-electron chi connectivity index (χ1n) is 10.2. The molecule has 1 amide bonds. The van der Waals surface area contributed by atoms with Crippen molar-refractivity contribution in [3.8, 4) is 0 Å². The predicted molar refractivity (Wildman–Crippen MR) is 124 cm³/mol. The molecule has 0 aliphatic rings. The zero-order valence-electron chi connectivity index (χ0n) is 17.3. The molecule has 0 atom stereocenters. The van der Waals surface area contributed by atoms with E-state index >= 15 is 0 Å². The molecule has 3 aromatic carbocycles. The van der Waals surface area contributed by atoms with E-state index in [9.17, 15) is 9.18 Å². The van der Waals surface area contributed by atoms with Crippen molar-refractivity contribution >= 4 is 34.2 Å². The summed E-state index contributed by atoms with van der Waals surface area (Å²) in [6, 6.07) is 20.5. The average Bonchev–Trinajstić information content (AvgIpc) is 3.45. The Bertz CT molecular complexity index is 1450. The Labute approximate surface area is 193 Å². The van der Waals surface area contributed by atoms with Gasteiger partial charge in [0.2, 0.25) is 5.82 Å². The molecule has 0 aliphatic carbocycles. The number of fused-ring (bicyclic) bond motifs is 1. The molecule has 2 aromatic heterocycles. The first kappa shape index (κ1) is 20.8. The number of hydrogen-bond donors (Lipinski definition) is 1. The number of rotatable bonds is 6. The number of para-hydroxylation sites is 2. The van der Waals surface area contributed by atoms with Crippen LogP contribution in [-0.4, -0.2) is 30.2 Å². The van der Waals surface area contributed by atoms with Crippen LogP contribution in [0.15, 0.2) is 79.4 Å². The smallest absolute Gasteiger partial charge is 0.295 e. The Morgan fingerprint density at radius 1 is 0.939 bits per heavy atom. The lowest BCUT2D eigenvalue weighted by molar-refractivity contribution is 0.101. The molecule has 164 valence electrons. The van der Waals surface area contributed by atoms with Crippen molar-refractivity contribution in [2.45, 2.75) is 13.1 Å². The van der Waals surface area contributed by atoms with Crippen LogP contribution >= 0.6 is 11.6 Å². The first-order valence-corrected chi connectivity index (χ1v) is 10.6. The van der Waals surface area contributed by atoms with E-state index in [4.69, 9.17) is 11.6 Å². The Kier molecular flexibility index (Phi) is 5.58. The number of carbonyl (C=O) groups is 1. The van der Waals surface area contributed by atoms with Gasteiger partial charge in [0.05, 0.1) is 34.6 Å². The number of carbonyl (C=O) groups excluding carboxylic acids is 1. The van der Waals surface area contributed by atoms with E-state index in [1.165, 1.54) is 12.4 Å². The maximum atomic E-state index is 14.7. The standard InChI is InChI=1S/C24H18ClFN6O/c25-18-10-17(12-31-14-27-19-8-4-5-9-21(19)31)11-20(22(18)26)29-24(33)23-28-15-32(30-23)13-16-6-2-1-3-7-16/h1-11,14-15H,12-13H2,(H,29,33). The number of nitrogens with zero attached hydrogens (tertiary/aromatic N) is 5. The molecule has 0 saturated carbocycles. The zero-order valence-corrected chi connectivity index (χ0v) is 18.1. The third kappa shape index (κ3) is 4.47. The number of halogens is 2. The molecule has 0 bridgehead atoms. The van der Waals surface area contributed by atoms with Crippen LogP contribution in [0.1, 0.15) is 21.7 Å². The van der Waals surface area contributed by atoms with E-state index in [2.05, 4.69) is 20.4 Å². The van der Waals surface area contributed by atoms with E-state index in [0.717, 1.165) is 16.6 Å². The van der Waals surface area contributed by atoms with Gasteiger partial charge in [0.1, 0.15) is 6.33 Å². The van der Waals surface area contributed by atoms with Crippen molar-refractivity contribution in [2.75, 3.05) is 5.32 Å². The summed E-state index contributed by atoms with van der Waals surface area (Å²) >= 11 is 6.11. The van der Waals surface area contributed by atoms with Crippen LogP contribution in [0.25, 0.3) is 11.0 Å². The van der Waals surface area contributed by atoms with Gasteiger partial charge in [0.15, 0.2) is 5.82 Å². The molecular weight excluding hydrogens is 443 g/mol. The fourth-order valence-corrected chi connectivity index (χ4v) is 3.83. The summed E-state index contributed by atoms with van der Waals surface area (Å²) in [6.07, 6.45) is 3.18. The molecule has 0 spiro atoms. The molecule has 0 saturated heterocycles. The van der Waals surface area contributed by atoms with Crippen LogP contribution in [0.5, 0.6) is 0 Å². The van der Waals surface area contributed by atoms with Crippen molar-refractivity contribution in [1.82, 2.24) is 24.3 Å². The summed E-state index contributed by atoms with van der Waals surface area (Å²) in [4.78, 5) is 21.1. The second-order valence-electron chi connectivity index (χ2n) is 7.51. The van der Waals surface area contributed by atoms with E-state index in [1.807, 2.05) is 59.2 Å². The van der Waals surface area contributed by atoms with Gasteiger partial charge in [-0.3, -0.25) is 4.79 Å². The summed E-state index contributed by atoms with van der Waals surface area (Å²) in [5, 5.41) is 6.65. The van der Waals surface area contributed by atoms with Crippen LogP contribution in [0.3, 0.4) is 0 Å². The maximum Gasteiger partial charge on any atom is 0.295 e. The van der Waals surface area contributed by atoms with E-state index < -0.39 is 11.7 Å². The number of benzene rings is 3. The SMILES string of the molecule is O=C(Nc1cc(Cn2cnc3ccccc32)cc(Cl)c1F)c1ncn(Cc2ccccc2)n1. The monoisotopic (exact) mass is 460 g/mol. The Balaban J connectivity index is 1.35. The van der Waals surface area contributed by atoms with Gasteiger partial charge >= 0.3 is 0 Å². The molecule has 5 aromatic rings. The highest BCUT2D eigenvalue weighted by Crippen LogP contribution is 2.26. The highest BCUT2D eigenvalue weighted by atomic mass is 35.5. The Morgan fingerprint density at radius 3 is 2.58 bits per heavy atom. The second-order valence-corrected chi connectivity index (χ2v) is 7.91. The minimum absolute atomic E-state index is 0.0358. The molecule has 9 heteroatoms. The maximum absolute atomic E-state index is 14.7. The molecule has 0 radical (unpaired) electrons. The van der Waals surface area contributed by atoms with Crippen molar-refractivity contribution in [2.24, 2.45) is 0 Å². The summed E-state index contributed by atoms with van der Waals surface area (Å²) in [7, 11) is 0. The molecule has 0 fully saturated rings. The Morgan fingerprint density at radius 2 is 1.73 bits per heavy atom. The summed E-state index contributed by atoms with van der Waals surface area (Å²) in [5.41, 5.74) is 3.49. The lowest BCUT2D eigenvalue weighted by Crippen LogP contribution is -2.16. The molecule has 0 unspecified atom stereocenters. The topological polar surface area (TPSA) is 77.6 Å². The Hall–Kier alpha value is -4.04. The lowest BCUT2D eigenvalue weighted by atomic mass is 10.1. The van der Waals surface area contributed by atoms with Crippen molar-refractivity contribution in [3.63, 3.8) is 0 Å². The highest BCUT2D eigenvalue weighted by molar-refractivity contribution is 6.31. The van der Waals surface area contributed by atoms with Gasteiger partial charge in [0.25, 0.3) is 5.91 Å². The number of amides is 1. The number of aromatic nitrogens is 5. The quantitative estimate of drug-likeness (QED) is 0.396. The molecule has 0 aliphatic heterocycles. The van der Waals surface area contributed by atoms with Crippen LogP contribution in [0, 0.1) is 5.82 Å². The van der Waals surface area contributed by atoms with Crippen LogP contribution in [0.2, 0.25) is 5.02 Å². The van der Waals surface area contributed by atoms with Crippen molar-refractivity contribution < 1.29 is 9.18 Å². The number of imidazole rings is 1. The summed E-state index contributed by atoms with van der Waals surface area (Å²) in [6.45, 7) is 0.878. The van der Waals surface area contributed by atoms with E-state index in [1.54, 1.807) is 17.1 Å². The summed E-state index contributed by atoms with van der Waals surface area (Å²) in [5.74, 6) is -1.40. The van der Waals surface area contributed by atoms with E-state index in [0.29, 0.717) is 18.7 Å². The van der Waals surface area contributed by atoms with Gasteiger partial charge in [-0.15, -0.1) is 5.10 Å². The van der Waals surface area contributed by atoms with Crippen LogP contribution < -0.4 is 5.32 Å². The van der Waals surface area contributed by atoms with Crippen molar-refractivity contribution in [1.29, 1.82) is 0 Å². The molecule has 2 heterocycles. The second kappa shape index (κ2) is 8.84. The number of nitrogens with one attached hydrogen (secondary N) is 1. The van der Waals surface area contributed by atoms with Gasteiger partial charge < -0.3 is 9.88 Å². The fraction of sp³-hybridized carbons (Fsp3) is 0.0833. The minimum atomic E-state index is -0.715. The largest absolute Gasteiger partial charge is 0.326 e. The van der Waals surface area contributed by atoms with Crippen LogP contribution in [0.4, 0.5) is 10.1 Å². The number of anilines is 1. The minimum Gasteiger partial charge on any atom is -0.326 e. The normalized spacial score (nSPS) is 11.1. The van der Waals surface area contributed by atoms with E-state index in [-0.39, 0.29) is 16.5 Å². The van der Waals surface area contributed by atoms with Gasteiger partial charge in [0, 0.05) is 6.54 Å². The molecule has 5 rings (SSSR count). The first-order chi connectivity index (χ1) is 16.1. The van der Waals surface area contributed by atoms with Gasteiger partial charge in [-0.25, -0.2) is 19.0 Å². The molecular formula is C24H18ClFN6O. The van der Waals surface area contributed by atoms with Gasteiger partial charge in [-0.2, -0.15) is 0 Å². The van der Waals surface area contributed by atoms with Crippen molar-refractivity contribution in [3.05, 3.63) is 107 Å². The zero-order chi connectivity index (χ0) is 22.8. The van der Waals surface area contributed by atoms with Gasteiger partial charge in [-0.05, 0) is 35.4 Å². The third-order valence-electron chi connectivity index (χ3n) is 5.14. The number of hydrogen-bond acceptors (Lipinski definition) is 4. The molecule has 1 N–H and O–H groups in total. The average molecular weight is 461 g/mol. The predicted octanol–water partition coefficient (Wildman–Crippen LogP) is 4.77. The van der Waals surface area contributed by atoms with Gasteiger partial charge in [-0.1, -0.05) is 54.1 Å². The molecule has 33 heavy (non-hydrogen) atoms.